The van der Waals surface area contributed by atoms with Crippen molar-refractivity contribution in [1.82, 2.24) is 20.1 Å². The number of nitrogens with zero attached hydrogens (tertiary/aromatic N) is 4. The quantitative estimate of drug-likeness (QED) is 0.852. The predicted molar refractivity (Wildman–Crippen MR) is 72.9 cm³/mol. The van der Waals surface area contributed by atoms with Crippen LogP contribution in [0.4, 0.5) is 5.82 Å². The van der Waals surface area contributed by atoms with Crippen molar-refractivity contribution in [3.05, 3.63) is 28.2 Å². The second-order valence-corrected chi connectivity index (χ2v) is 5.43. The monoisotopic (exact) mass is 323 g/mol. The number of halogens is 1. The Bertz CT molecular complexity index is 581. The summed E-state index contributed by atoms with van der Waals surface area (Å²) in [6.07, 6.45) is 3.07. The summed E-state index contributed by atoms with van der Waals surface area (Å²) in [6.45, 7) is 2.51. The zero-order chi connectivity index (χ0) is 13.2. The highest BCUT2D eigenvalue weighted by Crippen LogP contribution is 2.38. The minimum atomic E-state index is 0.539. The number of anilines is 1. The fraction of sp³-hybridized carbons (Fsp3) is 0.500. The van der Waals surface area contributed by atoms with Gasteiger partial charge in [0.05, 0.1) is 0 Å². The Morgan fingerprint density at radius 3 is 2.89 bits per heavy atom. The maximum atomic E-state index is 5.05. The van der Waals surface area contributed by atoms with Gasteiger partial charge in [-0.15, -0.1) is 0 Å². The van der Waals surface area contributed by atoms with Gasteiger partial charge in [0.15, 0.2) is 5.82 Å². The van der Waals surface area contributed by atoms with E-state index in [2.05, 4.69) is 41.4 Å². The fourth-order valence-electron chi connectivity index (χ4n) is 1.79. The van der Waals surface area contributed by atoms with E-state index < -0.39 is 0 Å². The first-order chi connectivity index (χ1) is 9.20. The van der Waals surface area contributed by atoms with E-state index in [0.717, 1.165) is 16.2 Å². The SMILES string of the molecule is Cc1noc(CCNc2cc(Br)nc(C3CC3)n2)n1. The van der Waals surface area contributed by atoms with Crippen molar-refractivity contribution in [1.29, 1.82) is 0 Å². The third-order valence-electron chi connectivity index (χ3n) is 2.87. The first-order valence-corrected chi connectivity index (χ1v) is 7.07. The van der Waals surface area contributed by atoms with Crippen LogP contribution in [0.15, 0.2) is 15.2 Å². The average Bonchev–Trinajstić information content (AvgIpc) is 3.13. The van der Waals surface area contributed by atoms with Gasteiger partial charge in [0.1, 0.15) is 16.2 Å². The number of nitrogens with one attached hydrogen (secondary N) is 1. The van der Waals surface area contributed by atoms with E-state index in [-0.39, 0.29) is 0 Å². The van der Waals surface area contributed by atoms with E-state index in [1.165, 1.54) is 12.8 Å². The molecule has 1 aliphatic rings. The van der Waals surface area contributed by atoms with Crippen molar-refractivity contribution in [2.45, 2.75) is 32.1 Å². The van der Waals surface area contributed by atoms with Crippen LogP contribution in [-0.4, -0.2) is 26.7 Å². The molecular formula is C12H14BrN5O. The Kier molecular flexibility index (Phi) is 3.46. The standard InChI is InChI=1S/C12H14BrN5O/c1-7-15-11(19-18-7)4-5-14-10-6-9(13)16-12(17-10)8-2-3-8/h6,8H,2-5H2,1H3,(H,14,16,17). The molecule has 0 spiro atoms. The molecule has 0 amide bonds. The Morgan fingerprint density at radius 1 is 1.37 bits per heavy atom. The van der Waals surface area contributed by atoms with Crippen LogP contribution in [0.25, 0.3) is 0 Å². The molecule has 2 aromatic rings. The molecular weight excluding hydrogens is 310 g/mol. The molecule has 1 aliphatic carbocycles. The van der Waals surface area contributed by atoms with Crippen molar-refractivity contribution >= 4 is 21.7 Å². The Balaban J connectivity index is 1.60. The topological polar surface area (TPSA) is 76.7 Å². The molecule has 7 heteroatoms. The second-order valence-electron chi connectivity index (χ2n) is 4.62. The normalized spacial score (nSPS) is 14.6. The van der Waals surface area contributed by atoms with Gasteiger partial charge in [-0.2, -0.15) is 4.98 Å². The average molecular weight is 324 g/mol. The summed E-state index contributed by atoms with van der Waals surface area (Å²) in [6, 6.07) is 1.88. The van der Waals surface area contributed by atoms with Crippen molar-refractivity contribution in [2.24, 2.45) is 0 Å². The van der Waals surface area contributed by atoms with Gasteiger partial charge >= 0.3 is 0 Å². The van der Waals surface area contributed by atoms with Crippen molar-refractivity contribution in [2.75, 3.05) is 11.9 Å². The highest BCUT2D eigenvalue weighted by Gasteiger charge is 2.27. The molecule has 0 radical (unpaired) electrons. The molecule has 100 valence electrons. The molecule has 1 saturated carbocycles. The van der Waals surface area contributed by atoms with E-state index in [1.54, 1.807) is 0 Å². The van der Waals surface area contributed by atoms with Crippen molar-refractivity contribution in [3.63, 3.8) is 0 Å². The van der Waals surface area contributed by atoms with Crippen LogP contribution in [0.2, 0.25) is 0 Å². The summed E-state index contributed by atoms with van der Waals surface area (Å²) in [5.74, 6) is 3.60. The van der Waals surface area contributed by atoms with E-state index in [1.807, 2.05) is 13.0 Å². The largest absolute Gasteiger partial charge is 0.369 e. The van der Waals surface area contributed by atoms with Crippen LogP contribution in [0, 0.1) is 6.92 Å². The summed E-state index contributed by atoms with van der Waals surface area (Å²) < 4.78 is 5.87. The fourth-order valence-corrected chi connectivity index (χ4v) is 2.19. The van der Waals surface area contributed by atoms with Crippen LogP contribution in [0.5, 0.6) is 0 Å². The number of rotatable bonds is 5. The number of aromatic nitrogens is 4. The molecule has 2 heterocycles. The number of hydrogen-bond acceptors (Lipinski definition) is 6. The zero-order valence-corrected chi connectivity index (χ0v) is 12.1. The number of aryl methyl sites for hydroxylation is 1. The molecule has 0 aromatic carbocycles. The molecule has 2 aromatic heterocycles. The van der Waals surface area contributed by atoms with Crippen LogP contribution in [-0.2, 0) is 6.42 Å². The van der Waals surface area contributed by atoms with Gasteiger partial charge in [0.25, 0.3) is 0 Å². The van der Waals surface area contributed by atoms with E-state index in [0.29, 0.717) is 30.6 Å². The summed E-state index contributed by atoms with van der Waals surface area (Å²) >= 11 is 3.42. The molecule has 1 N–H and O–H groups in total. The maximum absolute atomic E-state index is 5.05. The summed E-state index contributed by atoms with van der Waals surface area (Å²) in [7, 11) is 0. The van der Waals surface area contributed by atoms with Gasteiger partial charge < -0.3 is 9.84 Å². The van der Waals surface area contributed by atoms with Crippen LogP contribution >= 0.6 is 15.9 Å². The first-order valence-electron chi connectivity index (χ1n) is 6.28. The lowest BCUT2D eigenvalue weighted by atomic mass is 10.4. The molecule has 0 aliphatic heterocycles. The highest BCUT2D eigenvalue weighted by atomic mass is 79.9. The lowest BCUT2D eigenvalue weighted by Gasteiger charge is -2.06. The predicted octanol–water partition coefficient (Wildman–Crippen LogP) is 2.46. The van der Waals surface area contributed by atoms with E-state index in [4.69, 9.17) is 4.52 Å². The minimum absolute atomic E-state index is 0.539. The van der Waals surface area contributed by atoms with Crippen LogP contribution in [0.1, 0.15) is 36.3 Å². The molecule has 3 rings (SSSR count). The second kappa shape index (κ2) is 5.24. The Hall–Kier alpha value is -1.50. The lowest BCUT2D eigenvalue weighted by molar-refractivity contribution is 0.377. The lowest BCUT2D eigenvalue weighted by Crippen LogP contribution is -2.08. The Labute approximate surface area is 119 Å². The molecule has 6 nitrogen and oxygen atoms in total. The van der Waals surface area contributed by atoms with Gasteiger partial charge in [-0.3, -0.25) is 0 Å². The maximum Gasteiger partial charge on any atom is 0.228 e. The minimum Gasteiger partial charge on any atom is -0.369 e. The smallest absolute Gasteiger partial charge is 0.228 e. The van der Waals surface area contributed by atoms with Gasteiger partial charge in [0.2, 0.25) is 5.89 Å². The first kappa shape index (κ1) is 12.5. The molecule has 0 atom stereocenters. The van der Waals surface area contributed by atoms with E-state index in [9.17, 15) is 0 Å². The van der Waals surface area contributed by atoms with Crippen molar-refractivity contribution in [3.8, 4) is 0 Å². The molecule has 0 unspecified atom stereocenters. The Morgan fingerprint density at radius 2 is 2.21 bits per heavy atom. The van der Waals surface area contributed by atoms with Gasteiger partial charge in [0, 0.05) is 24.9 Å². The third-order valence-corrected chi connectivity index (χ3v) is 3.28. The summed E-state index contributed by atoms with van der Waals surface area (Å²) in [5.41, 5.74) is 0. The van der Waals surface area contributed by atoms with Crippen LogP contribution in [0.3, 0.4) is 0 Å². The number of hydrogen-bond donors (Lipinski definition) is 1. The van der Waals surface area contributed by atoms with Gasteiger partial charge in [-0.05, 0) is 35.7 Å². The molecule has 1 fully saturated rings. The molecule has 0 bridgehead atoms. The van der Waals surface area contributed by atoms with Crippen molar-refractivity contribution < 1.29 is 4.52 Å². The molecule has 19 heavy (non-hydrogen) atoms. The van der Waals surface area contributed by atoms with Gasteiger partial charge in [-0.1, -0.05) is 5.16 Å². The van der Waals surface area contributed by atoms with Gasteiger partial charge in [-0.25, -0.2) is 9.97 Å². The highest BCUT2D eigenvalue weighted by molar-refractivity contribution is 9.10. The van der Waals surface area contributed by atoms with Crippen LogP contribution < -0.4 is 5.32 Å². The third kappa shape index (κ3) is 3.28. The summed E-state index contributed by atoms with van der Waals surface area (Å²) in [4.78, 5) is 13.1. The molecule has 0 saturated heterocycles. The summed E-state index contributed by atoms with van der Waals surface area (Å²) in [5, 5.41) is 7.01. The zero-order valence-electron chi connectivity index (χ0n) is 10.6. The van der Waals surface area contributed by atoms with E-state index >= 15 is 0 Å².